The molecule has 0 amide bonds. The van der Waals surface area contributed by atoms with Crippen LogP contribution in [0.5, 0.6) is 0 Å². The molecule has 0 aliphatic rings. The van der Waals surface area contributed by atoms with Crippen LogP contribution in [0.4, 0.5) is 0 Å². The summed E-state index contributed by atoms with van der Waals surface area (Å²) in [6.07, 6.45) is 13.3. The van der Waals surface area contributed by atoms with Gasteiger partial charge in [-0.3, -0.25) is 32.3 Å². The fourth-order valence-corrected chi connectivity index (χ4v) is 3.84. The molecule has 212 valence electrons. The molecule has 0 saturated heterocycles. The second kappa shape index (κ2) is 26.1. The molecule has 0 aliphatic heterocycles. The van der Waals surface area contributed by atoms with Crippen LogP contribution < -0.4 is 31.9 Å². The van der Waals surface area contributed by atoms with Gasteiger partial charge in [-0.15, -0.1) is 0 Å². The first-order chi connectivity index (χ1) is 17.4. The van der Waals surface area contributed by atoms with Gasteiger partial charge in [0.1, 0.15) is 0 Å². The molecule has 0 aromatic heterocycles. The molecule has 0 rings (SSSR count). The molecule has 0 radical (unpaired) electrons. The Hall–Kier alpha value is -1.52. The van der Waals surface area contributed by atoms with E-state index in [2.05, 4.69) is 59.6 Å². The first-order valence-electron chi connectivity index (χ1n) is 14.2. The van der Waals surface area contributed by atoms with Gasteiger partial charge in [-0.05, 0) is 37.5 Å². The Morgan fingerprint density at radius 2 is 0.865 bits per heavy atom. The van der Waals surface area contributed by atoms with Gasteiger partial charge in [0.25, 0.3) is 0 Å². The van der Waals surface area contributed by atoms with Gasteiger partial charge in [-0.1, -0.05) is 79.1 Å². The zero-order valence-corrected chi connectivity index (χ0v) is 23.5. The van der Waals surface area contributed by atoms with Crippen molar-refractivity contribution in [3.8, 4) is 0 Å². The van der Waals surface area contributed by atoms with Crippen molar-refractivity contribution in [3.05, 3.63) is 0 Å². The third-order valence-electron chi connectivity index (χ3n) is 6.43. The van der Waals surface area contributed by atoms with Crippen LogP contribution in [0.1, 0.15) is 105 Å². The first kappa shape index (κ1) is 37.6. The summed E-state index contributed by atoms with van der Waals surface area (Å²) in [5, 5.41) is 49.5. The molecule has 0 bridgehead atoms. The Kier molecular flexibility index (Phi) is 26.5. The molecule has 0 spiro atoms. The number of hydrogen-bond donors (Lipinski definition) is 10. The standard InChI is InChI=1S/C26H56N10.Na.H/c1-5-9-15-21(7-3)19-33-25(29)35-23(27)31-17-13-11-12-14-18-32-24(28)36-26(30)34-20-22(8-4)16-10-6-2;;/h21-22H,5-20H2,1-4H3,(H5,27,29,31,33,35)(H5,28,30,32,34,36);;. The second-order valence-corrected chi connectivity index (χ2v) is 9.61. The predicted molar refractivity (Wildman–Crippen MR) is 161 cm³/mol. The molecule has 0 aromatic carbocycles. The van der Waals surface area contributed by atoms with E-state index in [1.54, 1.807) is 0 Å². The number of hydrogen-bond acceptors (Lipinski definition) is 4. The summed E-state index contributed by atoms with van der Waals surface area (Å²) in [7, 11) is 0. The van der Waals surface area contributed by atoms with Crippen LogP contribution in [-0.4, -0.2) is 79.6 Å². The topological polar surface area (TPSA) is 168 Å². The third kappa shape index (κ3) is 23.3. The van der Waals surface area contributed by atoms with Crippen LogP contribution in [0.25, 0.3) is 0 Å². The summed E-state index contributed by atoms with van der Waals surface area (Å²) in [6, 6.07) is 0. The van der Waals surface area contributed by atoms with Crippen molar-refractivity contribution in [1.82, 2.24) is 31.9 Å². The Labute approximate surface area is 248 Å². The zero-order valence-electron chi connectivity index (χ0n) is 23.5. The Morgan fingerprint density at radius 3 is 1.19 bits per heavy atom. The van der Waals surface area contributed by atoms with Crippen LogP contribution in [0.2, 0.25) is 0 Å². The van der Waals surface area contributed by atoms with Crippen molar-refractivity contribution in [2.75, 3.05) is 26.2 Å². The average Bonchev–Trinajstić information content (AvgIpc) is 2.85. The molecule has 0 fully saturated rings. The van der Waals surface area contributed by atoms with Crippen molar-refractivity contribution >= 4 is 53.4 Å². The van der Waals surface area contributed by atoms with Gasteiger partial charge in [0.05, 0.1) is 0 Å². The van der Waals surface area contributed by atoms with Crippen molar-refractivity contribution < 1.29 is 0 Å². The minimum absolute atomic E-state index is 0. The van der Waals surface area contributed by atoms with Crippen LogP contribution in [0.3, 0.4) is 0 Å². The van der Waals surface area contributed by atoms with E-state index >= 15 is 0 Å². The summed E-state index contributed by atoms with van der Waals surface area (Å²) in [5.41, 5.74) is 0. The van der Waals surface area contributed by atoms with Gasteiger partial charge < -0.3 is 21.3 Å². The van der Waals surface area contributed by atoms with Crippen LogP contribution >= 0.6 is 0 Å². The maximum atomic E-state index is 7.96. The van der Waals surface area contributed by atoms with Gasteiger partial charge >= 0.3 is 29.6 Å². The number of guanidine groups is 4. The van der Waals surface area contributed by atoms with Crippen molar-refractivity contribution in [2.45, 2.75) is 105 Å². The minimum atomic E-state index is 0. The quantitative estimate of drug-likeness (QED) is 0.0528. The Bertz CT molecular complexity index is 562. The van der Waals surface area contributed by atoms with Gasteiger partial charge in [-0.2, -0.15) is 0 Å². The van der Waals surface area contributed by atoms with Crippen molar-refractivity contribution in [1.29, 1.82) is 21.6 Å². The average molecular weight is 533 g/mol. The fraction of sp³-hybridized carbons (Fsp3) is 0.846. The molecule has 10 N–H and O–H groups in total. The molecule has 37 heavy (non-hydrogen) atoms. The normalized spacial score (nSPS) is 11.9. The van der Waals surface area contributed by atoms with Gasteiger partial charge in [0.2, 0.25) is 0 Å². The van der Waals surface area contributed by atoms with Crippen LogP contribution in [-0.2, 0) is 0 Å². The second-order valence-electron chi connectivity index (χ2n) is 9.61. The number of nitrogens with one attached hydrogen (secondary N) is 10. The summed E-state index contributed by atoms with van der Waals surface area (Å²) in [6.45, 7) is 11.7. The fourth-order valence-electron chi connectivity index (χ4n) is 3.84. The van der Waals surface area contributed by atoms with E-state index in [1.165, 1.54) is 38.5 Å². The van der Waals surface area contributed by atoms with Crippen LogP contribution in [0, 0.1) is 33.5 Å². The van der Waals surface area contributed by atoms with Crippen molar-refractivity contribution in [3.63, 3.8) is 0 Å². The Balaban J connectivity index is 0. The van der Waals surface area contributed by atoms with Crippen molar-refractivity contribution in [2.24, 2.45) is 11.8 Å². The Morgan fingerprint density at radius 1 is 0.514 bits per heavy atom. The summed E-state index contributed by atoms with van der Waals surface area (Å²) >= 11 is 0. The molecule has 0 aromatic rings. The first-order valence-corrected chi connectivity index (χ1v) is 14.2. The van der Waals surface area contributed by atoms with Gasteiger partial charge in [0.15, 0.2) is 23.8 Å². The summed E-state index contributed by atoms with van der Waals surface area (Å²) in [4.78, 5) is 0. The van der Waals surface area contributed by atoms with E-state index in [0.717, 1.165) is 51.6 Å². The molecule has 2 atom stereocenters. The number of unbranched alkanes of at least 4 members (excludes halogenated alkanes) is 5. The summed E-state index contributed by atoms with van der Waals surface area (Å²) < 4.78 is 0. The van der Waals surface area contributed by atoms with Crippen LogP contribution in [0.15, 0.2) is 0 Å². The molecule has 11 heteroatoms. The zero-order chi connectivity index (χ0) is 27.0. The maximum absolute atomic E-state index is 7.96. The third-order valence-corrected chi connectivity index (χ3v) is 6.43. The van der Waals surface area contributed by atoms with E-state index < -0.39 is 0 Å². The van der Waals surface area contributed by atoms with E-state index in [0.29, 0.717) is 24.9 Å². The van der Waals surface area contributed by atoms with E-state index in [4.69, 9.17) is 21.6 Å². The van der Waals surface area contributed by atoms with Gasteiger partial charge in [0, 0.05) is 26.2 Å². The van der Waals surface area contributed by atoms with E-state index in [-0.39, 0.29) is 53.4 Å². The summed E-state index contributed by atoms with van der Waals surface area (Å²) in [5.74, 6) is 1.80. The molecule has 2 unspecified atom stereocenters. The molecular weight excluding hydrogens is 475 g/mol. The molecule has 0 aliphatic carbocycles. The van der Waals surface area contributed by atoms with E-state index in [1.807, 2.05) is 0 Å². The predicted octanol–water partition coefficient (Wildman–Crippen LogP) is 3.61. The molecule has 0 saturated carbocycles. The molecule has 10 nitrogen and oxygen atoms in total. The SMILES string of the molecule is CCCCC(CC)CNC(=N)NC(=N)NCCCCCCNC(=N)NC(=N)NCC(CC)CCCC.[NaH]. The van der Waals surface area contributed by atoms with E-state index in [9.17, 15) is 0 Å². The number of rotatable bonds is 19. The molecule has 0 heterocycles. The van der Waals surface area contributed by atoms with Gasteiger partial charge in [-0.25, -0.2) is 0 Å². The molecular formula is C26H57N10Na. The monoisotopic (exact) mass is 532 g/mol.